The normalized spacial score (nSPS) is 9.42. The summed E-state index contributed by atoms with van der Waals surface area (Å²) in [6, 6.07) is 12.3. The number of nitro groups is 2. The van der Waals surface area contributed by atoms with E-state index in [4.69, 9.17) is 4.74 Å². The predicted molar refractivity (Wildman–Crippen MR) is 86.4 cm³/mol. The van der Waals surface area contributed by atoms with Gasteiger partial charge in [0.15, 0.2) is 0 Å². The predicted octanol–water partition coefficient (Wildman–Crippen LogP) is 3.56. The fourth-order valence-electron chi connectivity index (χ4n) is 1.57. The van der Waals surface area contributed by atoms with Gasteiger partial charge in [0, 0.05) is 31.2 Å². The Morgan fingerprint density at radius 3 is 1.71 bits per heavy atom. The molecular weight excluding hydrogens is 316 g/mol. The van der Waals surface area contributed by atoms with Crippen LogP contribution in [0.15, 0.2) is 48.5 Å². The zero-order chi connectivity index (χ0) is 18.1. The Bertz CT molecular complexity index is 710. The Hall–Kier alpha value is -3.29. The van der Waals surface area contributed by atoms with Crippen LogP contribution in [-0.2, 0) is 16.1 Å². The van der Waals surface area contributed by atoms with E-state index in [0.29, 0.717) is 0 Å². The molecule has 0 aromatic heterocycles. The van der Waals surface area contributed by atoms with E-state index in [0.717, 1.165) is 11.1 Å². The van der Waals surface area contributed by atoms with Crippen LogP contribution in [0.4, 0.5) is 11.4 Å². The molecule has 0 aliphatic heterocycles. The lowest BCUT2D eigenvalue weighted by molar-refractivity contribution is -0.385. The quantitative estimate of drug-likeness (QED) is 0.480. The minimum Gasteiger partial charge on any atom is -0.461 e. The van der Waals surface area contributed by atoms with Crippen molar-refractivity contribution in [1.29, 1.82) is 0 Å². The van der Waals surface area contributed by atoms with E-state index >= 15 is 0 Å². The molecule has 0 aliphatic carbocycles. The molecule has 0 radical (unpaired) electrons. The van der Waals surface area contributed by atoms with E-state index in [9.17, 15) is 25.0 Å². The second kappa shape index (κ2) is 8.99. The molecule has 0 saturated heterocycles. The van der Waals surface area contributed by atoms with Gasteiger partial charge in [-0.15, -0.1) is 0 Å². The number of nitrogens with zero attached hydrogens (tertiary/aromatic N) is 2. The number of non-ortho nitro benzene ring substituents is 2. The molecule has 0 unspecified atom stereocenters. The first-order valence-electron chi connectivity index (χ1n) is 6.87. The Balaban J connectivity index is 0.000000254. The number of benzene rings is 2. The Labute approximate surface area is 138 Å². The monoisotopic (exact) mass is 332 g/mol. The van der Waals surface area contributed by atoms with Crippen LogP contribution in [0.5, 0.6) is 0 Å². The number of carbonyl (C=O) groups excluding carboxylic acids is 1. The zero-order valence-corrected chi connectivity index (χ0v) is 13.2. The van der Waals surface area contributed by atoms with Crippen LogP contribution in [0.1, 0.15) is 18.1 Å². The maximum absolute atomic E-state index is 10.5. The van der Waals surface area contributed by atoms with Crippen LogP contribution >= 0.6 is 0 Å². The van der Waals surface area contributed by atoms with Crippen molar-refractivity contribution in [3.05, 3.63) is 79.9 Å². The summed E-state index contributed by atoms with van der Waals surface area (Å²) in [5.41, 5.74) is 1.93. The Morgan fingerprint density at radius 2 is 1.33 bits per heavy atom. The van der Waals surface area contributed by atoms with Crippen LogP contribution < -0.4 is 0 Å². The number of carbonyl (C=O) groups is 1. The second-order valence-corrected chi connectivity index (χ2v) is 4.80. The third-order valence-electron chi connectivity index (χ3n) is 2.83. The van der Waals surface area contributed by atoms with E-state index in [1.807, 2.05) is 6.92 Å². The van der Waals surface area contributed by atoms with E-state index in [1.165, 1.54) is 31.2 Å². The molecule has 0 saturated carbocycles. The summed E-state index contributed by atoms with van der Waals surface area (Å²) in [4.78, 5) is 30.0. The molecule has 0 atom stereocenters. The van der Waals surface area contributed by atoms with Crippen LogP contribution in [0.3, 0.4) is 0 Å². The van der Waals surface area contributed by atoms with Crippen molar-refractivity contribution in [3.63, 3.8) is 0 Å². The molecule has 0 aliphatic rings. The maximum atomic E-state index is 10.5. The second-order valence-electron chi connectivity index (χ2n) is 4.80. The fraction of sp³-hybridized carbons (Fsp3) is 0.188. The number of hydrogen-bond acceptors (Lipinski definition) is 6. The third-order valence-corrected chi connectivity index (χ3v) is 2.83. The minimum atomic E-state index is -0.477. The number of aryl methyl sites for hydroxylation is 1. The van der Waals surface area contributed by atoms with Crippen molar-refractivity contribution in [2.75, 3.05) is 0 Å². The molecule has 0 spiro atoms. The topological polar surface area (TPSA) is 113 Å². The first kappa shape index (κ1) is 18.8. The van der Waals surface area contributed by atoms with Gasteiger partial charge in [0.05, 0.1) is 9.85 Å². The molecule has 2 aromatic rings. The highest BCUT2D eigenvalue weighted by Crippen LogP contribution is 2.12. The summed E-state index contributed by atoms with van der Waals surface area (Å²) in [5.74, 6) is -0.372. The molecule has 0 amide bonds. The van der Waals surface area contributed by atoms with Gasteiger partial charge in [0.2, 0.25) is 0 Å². The lowest BCUT2D eigenvalue weighted by atomic mass is 10.2. The number of nitro benzene ring substituents is 2. The number of rotatable bonds is 4. The molecule has 0 fully saturated rings. The average molecular weight is 332 g/mol. The summed E-state index contributed by atoms with van der Waals surface area (Å²) in [7, 11) is 0. The molecule has 2 aromatic carbocycles. The van der Waals surface area contributed by atoms with E-state index in [2.05, 4.69) is 0 Å². The Kier molecular flexibility index (Phi) is 7.02. The Morgan fingerprint density at radius 1 is 0.917 bits per heavy atom. The number of ether oxygens (including phenoxy) is 1. The zero-order valence-electron chi connectivity index (χ0n) is 13.2. The van der Waals surface area contributed by atoms with Gasteiger partial charge in [0.25, 0.3) is 11.4 Å². The maximum Gasteiger partial charge on any atom is 0.302 e. The van der Waals surface area contributed by atoms with E-state index in [-0.39, 0.29) is 24.0 Å². The first-order chi connectivity index (χ1) is 11.3. The van der Waals surface area contributed by atoms with Crippen LogP contribution in [0.2, 0.25) is 0 Å². The summed E-state index contributed by atoms with van der Waals surface area (Å²) in [6.07, 6.45) is 0. The van der Waals surface area contributed by atoms with Crippen molar-refractivity contribution in [2.24, 2.45) is 0 Å². The first-order valence-corrected chi connectivity index (χ1v) is 6.87. The van der Waals surface area contributed by atoms with Crippen LogP contribution in [-0.4, -0.2) is 15.8 Å². The van der Waals surface area contributed by atoms with Crippen LogP contribution in [0, 0.1) is 27.2 Å². The standard InChI is InChI=1S/C9H9NO4.C7H7NO2/c1-7(11)14-6-8-2-4-9(5-3-8)10(12)13;1-6-2-4-7(5-3-6)8(9)10/h2-5H,6H2,1H3;2-5H,1H3. The van der Waals surface area contributed by atoms with E-state index in [1.54, 1.807) is 24.3 Å². The summed E-state index contributed by atoms with van der Waals surface area (Å²) < 4.78 is 4.72. The highest BCUT2D eigenvalue weighted by molar-refractivity contribution is 5.65. The molecule has 126 valence electrons. The van der Waals surface area contributed by atoms with Gasteiger partial charge in [-0.1, -0.05) is 17.7 Å². The van der Waals surface area contributed by atoms with Gasteiger partial charge in [0.1, 0.15) is 6.61 Å². The van der Waals surface area contributed by atoms with Gasteiger partial charge >= 0.3 is 5.97 Å². The van der Waals surface area contributed by atoms with Gasteiger partial charge in [-0.3, -0.25) is 25.0 Å². The average Bonchev–Trinajstić information content (AvgIpc) is 2.54. The highest BCUT2D eigenvalue weighted by Gasteiger charge is 2.04. The summed E-state index contributed by atoms with van der Waals surface area (Å²) >= 11 is 0. The van der Waals surface area contributed by atoms with Crippen molar-refractivity contribution in [1.82, 2.24) is 0 Å². The van der Waals surface area contributed by atoms with Gasteiger partial charge in [-0.05, 0) is 24.6 Å². The fourth-order valence-corrected chi connectivity index (χ4v) is 1.57. The molecule has 0 N–H and O–H groups in total. The number of hydrogen-bond donors (Lipinski definition) is 0. The van der Waals surface area contributed by atoms with Crippen molar-refractivity contribution >= 4 is 17.3 Å². The molecular formula is C16H16N2O6. The summed E-state index contributed by atoms with van der Waals surface area (Å²) in [6.45, 7) is 3.35. The molecule has 8 nitrogen and oxygen atoms in total. The van der Waals surface area contributed by atoms with Gasteiger partial charge in [-0.25, -0.2) is 0 Å². The summed E-state index contributed by atoms with van der Waals surface area (Å²) in [5, 5.41) is 20.4. The van der Waals surface area contributed by atoms with Gasteiger partial charge < -0.3 is 4.74 Å². The van der Waals surface area contributed by atoms with Crippen molar-refractivity contribution < 1.29 is 19.4 Å². The van der Waals surface area contributed by atoms with E-state index < -0.39 is 9.85 Å². The molecule has 8 heteroatoms. The van der Waals surface area contributed by atoms with Crippen molar-refractivity contribution in [2.45, 2.75) is 20.5 Å². The molecule has 0 heterocycles. The molecule has 0 bridgehead atoms. The van der Waals surface area contributed by atoms with Crippen molar-refractivity contribution in [3.8, 4) is 0 Å². The van der Waals surface area contributed by atoms with Crippen LogP contribution in [0.25, 0.3) is 0 Å². The minimum absolute atomic E-state index is 0.0246. The highest BCUT2D eigenvalue weighted by atomic mass is 16.6. The lowest BCUT2D eigenvalue weighted by Crippen LogP contribution is -1.98. The largest absolute Gasteiger partial charge is 0.461 e. The lowest BCUT2D eigenvalue weighted by Gasteiger charge is -2.00. The SMILES string of the molecule is CC(=O)OCc1ccc([N+](=O)[O-])cc1.Cc1ccc([N+](=O)[O-])cc1. The smallest absolute Gasteiger partial charge is 0.302 e. The molecule has 2 rings (SSSR count). The van der Waals surface area contributed by atoms with Gasteiger partial charge in [-0.2, -0.15) is 0 Å². The third kappa shape index (κ3) is 6.65. The molecule has 24 heavy (non-hydrogen) atoms. The number of esters is 1.